The molecule has 1 N–H and O–H groups in total. The molecule has 0 unspecified atom stereocenters. The lowest BCUT2D eigenvalue weighted by molar-refractivity contribution is -0.177. The zero-order valence-corrected chi connectivity index (χ0v) is 15.6. The molecule has 6 nitrogen and oxygen atoms in total. The van der Waals surface area contributed by atoms with Gasteiger partial charge >= 0.3 is 6.11 Å². The van der Waals surface area contributed by atoms with Crippen LogP contribution in [0.25, 0.3) is 21.9 Å². The average molecular weight is 396 g/mol. The molecular weight excluding hydrogens is 378 g/mol. The summed E-state index contributed by atoms with van der Waals surface area (Å²) in [5, 5.41) is 12.1. The van der Waals surface area contributed by atoms with Gasteiger partial charge in [-0.2, -0.15) is 19.0 Å². The predicted molar refractivity (Wildman–Crippen MR) is 105 cm³/mol. The molecule has 0 aliphatic carbocycles. The van der Waals surface area contributed by atoms with Gasteiger partial charge in [0, 0.05) is 23.6 Å². The minimum atomic E-state index is -3.24. The molecule has 29 heavy (non-hydrogen) atoms. The van der Waals surface area contributed by atoms with Gasteiger partial charge in [0.15, 0.2) is 0 Å². The number of fused-ring (bicyclic) bond motifs is 1. The molecule has 8 heteroatoms. The van der Waals surface area contributed by atoms with Crippen molar-refractivity contribution in [2.75, 3.05) is 0 Å². The third-order valence-electron chi connectivity index (χ3n) is 4.60. The fraction of sp³-hybridized carbons (Fsp3) is 0.190. The van der Waals surface area contributed by atoms with E-state index in [0.29, 0.717) is 10.9 Å². The molecule has 0 spiro atoms. The van der Waals surface area contributed by atoms with Crippen molar-refractivity contribution >= 4 is 10.8 Å². The van der Waals surface area contributed by atoms with Crippen LogP contribution in [0.15, 0.2) is 65.8 Å². The Bertz CT molecular complexity index is 1200. The summed E-state index contributed by atoms with van der Waals surface area (Å²) < 4.78 is 33.0. The standard InChI is InChI=1S/C21H18F2N4O2/c1-2-21(22,23)29-18-5-3-4-14(8-18)13-27-20(28)19-9-15(17-10-24-25-11-17)6-7-16(19)12-26-27/h3-12H,2,13H2,1H3,(H,24,25). The van der Waals surface area contributed by atoms with E-state index in [0.717, 1.165) is 16.5 Å². The Labute approximate surface area is 164 Å². The number of nitrogens with zero attached hydrogens (tertiary/aromatic N) is 3. The molecule has 0 amide bonds. The minimum Gasteiger partial charge on any atom is -0.433 e. The van der Waals surface area contributed by atoms with Crippen molar-refractivity contribution in [3.63, 3.8) is 0 Å². The highest BCUT2D eigenvalue weighted by Crippen LogP contribution is 2.25. The molecule has 2 aromatic carbocycles. The van der Waals surface area contributed by atoms with Crippen LogP contribution in [0.2, 0.25) is 0 Å². The van der Waals surface area contributed by atoms with Crippen LogP contribution in [0.3, 0.4) is 0 Å². The zero-order valence-electron chi connectivity index (χ0n) is 15.6. The van der Waals surface area contributed by atoms with Crippen molar-refractivity contribution < 1.29 is 13.5 Å². The number of ether oxygens (including phenoxy) is 1. The molecular formula is C21H18F2N4O2. The van der Waals surface area contributed by atoms with Crippen molar-refractivity contribution in [1.29, 1.82) is 0 Å². The molecule has 0 radical (unpaired) electrons. The van der Waals surface area contributed by atoms with E-state index in [1.807, 2.05) is 12.1 Å². The molecule has 4 rings (SSSR count). The third-order valence-corrected chi connectivity index (χ3v) is 4.60. The maximum absolute atomic E-state index is 13.5. The van der Waals surface area contributed by atoms with Gasteiger partial charge in [-0.25, -0.2) is 4.68 Å². The van der Waals surface area contributed by atoms with Gasteiger partial charge in [0.2, 0.25) is 0 Å². The van der Waals surface area contributed by atoms with Gasteiger partial charge in [0.25, 0.3) is 5.56 Å². The summed E-state index contributed by atoms with van der Waals surface area (Å²) in [5.41, 5.74) is 2.10. The first kappa shape index (κ1) is 18.8. The Hall–Kier alpha value is -3.55. The number of rotatable bonds is 6. The lowest BCUT2D eigenvalue weighted by Crippen LogP contribution is -2.24. The summed E-state index contributed by atoms with van der Waals surface area (Å²) in [6, 6.07) is 11.8. The number of hydrogen-bond acceptors (Lipinski definition) is 4. The van der Waals surface area contributed by atoms with Gasteiger partial charge in [0.1, 0.15) is 5.75 Å². The summed E-state index contributed by atoms with van der Waals surface area (Å²) in [6.45, 7) is 1.49. The van der Waals surface area contributed by atoms with Crippen LogP contribution in [0.5, 0.6) is 5.75 Å². The topological polar surface area (TPSA) is 72.8 Å². The molecule has 0 fully saturated rings. The molecule has 0 atom stereocenters. The predicted octanol–water partition coefficient (Wildman–Crippen LogP) is 4.22. The number of hydrogen-bond donors (Lipinski definition) is 1. The number of benzene rings is 2. The van der Waals surface area contributed by atoms with Gasteiger partial charge in [0.05, 0.1) is 24.3 Å². The van der Waals surface area contributed by atoms with E-state index in [4.69, 9.17) is 4.74 Å². The molecule has 0 saturated carbocycles. The summed E-state index contributed by atoms with van der Waals surface area (Å²) in [5.74, 6) is 0.0467. The SMILES string of the molecule is CCC(F)(F)Oc1cccc(Cn2ncc3ccc(-c4cn[nH]c4)cc3c2=O)c1. The first-order chi connectivity index (χ1) is 13.9. The van der Waals surface area contributed by atoms with Crippen LogP contribution in [0, 0.1) is 0 Å². The number of aromatic amines is 1. The average Bonchev–Trinajstić information content (AvgIpc) is 3.25. The summed E-state index contributed by atoms with van der Waals surface area (Å²) in [7, 11) is 0. The monoisotopic (exact) mass is 396 g/mol. The van der Waals surface area contributed by atoms with Crippen molar-refractivity contribution in [2.45, 2.75) is 26.0 Å². The van der Waals surface area contributed by atoms with Gasteiger partial charge < -0.3 is 4.74 Å². The molecule has 2 aromatic heterocycles. The van der Waals surface area contributed by atoms with Crippen LogP contribution >= 0.6 is 0 Å². The Kier molecular flexibility index (Phi) is 4.84. The Morgan fingerprint density at radius 1 is 1.14 bits per heavy atom. The lowest BCUT2D eigenvalue weighted by atomic mass is 10.1. The van der Waals surface area contributed by atoms with Gasteiger partial charge in [-0.1, -0.05) is 31.2 Å². The van der Waals surface area contributed by atoms with E-state index in [2.05, 4.69) is 15.3 Å². The van der Waals surface area contributed by atoms with Crippen LogP contribution in [0.4, 0.5) is 8.78 Å². The van der Waals surface area contributed by atoms with Crippen LogP contribution in [-0.2, 0) is 6.54 Å². The second kappa shape index (κ2) is 7.46. The van der Waals surface area contributed by atoms with E-state index >= 15 is 0 Å². The van der Waals surface area contributed by atoms with E-state index in [1.54, 1.807) is 36.8 Å². The smallest absolute Gasteiger partial charge is 0.397 e. The number of nitrogens with one attached hydrogen (secondary N) is 1. The summed E-state index contributed by atoms with van der Waals surface area (Å²) >= 11 is 0. The quantitative estimate of drug-likeness (QED) is 0.530. The summed E-state index contributed by atoms with van der Waals surface area (Å²) in [6.07, 6.45) is 1.38. The molecule has 4 aromatic rings. The molecule has 148 valence electrons. The van der Waals surface area contributed by atoms with Crippen LogP contribution in [-0.4, -0.2) is 26.1 Å². The Morgan fingerprint density at radius 2 is 2.00 bits per heavy atom. The largest absolute Gasteiger partial charge is 0.433 e. The second-order valence-electron chi connectivity index (χ2n) is 6.64. The fourth-order valence-corrected chi connectivity index (χ4v) is 3.00. The van der Waals surface area contributed by atoms with Gasteiger partial charge in [-0.3, -0.25) is 9.89 Å². The first-order valence-corrected chi connectivity index (χ1v) is 9.10. The fourth-order valence-electron chi connectivity index (χ4n) is 3.00. The number of aromatic nitrogens is 4. The number of alkyl halides is 2. The first-order valence-electron chi connectivity index (χ1n) is 9.10. The van der Waals surface area contributed by atoms with Crippen LogP contribution in [0.1, 0.15) is 18.9 Å². The van der Waals surface area contributed by atoms with E-state index in [1.165, 1.54) is 23.7 Å². The lowest BCUT2D eigenvalue weighted by Gasteiger charge is -2.16. The van der Waals surface area contributed by atoms with Crippen molar-refractivity contribution in [3.8, 4) is 16.9 Å². The third kappa shape index (κ3) is 4.01. The van der Waals surface area contributed by atoms with Gasteiger partial charge in [-0.05, 0) is 29.3 Å². The highest BCUT2D eigenvalue weighted by molar-refractivity contribution is 5.85. The van der Waals surface area contributed by atoms with Crippen molar-refractivity contribution in [2.24, 2.45) is 0 Å². The highest BCUT2D eigenvalue weighted by atomic mass is 19.3. The number of H-pyrrole nitrogens is 1. The van der Waals surface area contributed by atoms with Crippen molar-refractivity contribution in [1.82, 2.24) is 20.0 Å². The van der Waals surface area contributed by atoms with Crippen molar-refractivity contribution in [3.05, 3.63) is 77.0 Å². The highest BCUT2D eigenvalue weighted by Gasteiger charge is 2.28. The normalized spacial score (nSPS) is 11.7. The van der Waals surface area contributed by atoms with E-state index < -0.39 is 12.5 Å². The maximum Gasteiger partial charge on any atom is 0.397 e. The molecule has 0 aliphatic rings. The Balaban J connectivity index is 1.66. The molecule has 0 aliphatic heterocycles. The minimum absolute atomic E-state index is 0.0467. The Morgan fingerprint density at radius 3 is 2.76 bits per heavy atom. The molecule has 0 saturated heterocycles. The van der Waals surface area contributed by atoms with E-state index in [-0.39, 0.29) is 17.9 Å². The zero-order chi connectivity index (χ0) is 20.4. The maximum atomic E-state index is 13.5. The summed E-state index contributed by atoms with van der Waals surface area (Å²) in [4.78, 5) is 12.9. The van der Waals surface area contributed by atoms with Crippen LogP contribution < -0.4 is 10.3 Å². The van der Waals surface area contributed by atoms with E-state index in [9.17, 15) is 13.6 Å². The molecule has 0 bridgehead atoms. The second-order valence-corrected chi connectivity index (χ2v) is 6.64. The molecule has 2 heterocycles. The van der Waals surface area contributed by atoms with Gasteiger partial charge in [-0.15, -0.1) is 0 Å². The number of halogens is 2.